The first-order chi connectivity index (χ1) is 12.5. The summed E-state index contributed by atoms with van der Waals surface area (Å²) >= 11 is 6.15. The largest absolute Gasteiger partial charge is 0.349 e. The molecule has 1 aromatic rings. The highest BCUT2D eigenvalue weighted by Gasteiger charge is 2.54. The van der Waals surface area contributed by atoms with Gasteiger partial charge >= 0.3 is 0 Å². The number of hydrogen-bond acceptors (Lipinski definition) is 2. The summed E-state index contributed by atoms with van der Waals surface area (Å²) < 4.78 is 13.5. The Balaban J connectivity index is 1.43. The van der Waals surface area contributed by atoms with Crippen molar-refractivity contribution in [2.75, 3.05) is 0 Å². The summed E-state index contributed by atoms with van der Waals surface area (Å²) in [6.45, 7) is 0. The van der Waals surface area contributed by atoms with Crippen molar-refractivity contribution in [3.8, 4) is 0 Å². The molecule has 1 heterocycles. The van der Waals surface area contributed by atoms with Crippen LogP contribution in [0.1, 0.15) is 56.6 Å². The second kappa shape index (κ2) is 6.84. The molecule has 0 bridgehead atoms. The minimum absolute atomic E-state index is 0.00376. The monoisotopic (exact) mass is 378 g/mol. The Kier molecular flexibility index (Phi) is 4.68. The number of alkyl halides is 1. The molecule has 26 heavy (non-hydrogen) atoms. The fourth-order valence-electron chi connectivity index (χ4n) is 4.90. The molecule has 3 aliphatic rings. The number of halogens is 2. The number of benzene rings is 1. The van der Waals surface area contributed by atoms with E-state index in [1.807, 2.05) is 24.3 Å². The van der Waals surface area contributed by atoms with E-state index in [0.717, 1.165) is 18.4 Å². The lowest BCUT2D eigenvalue weighted by Crippen LogP contribution is -2.56. The predicted octanol–water partition coefficient (Wildman–Crippen LogP) is 3.69. The lowest BCUT2D eigenvalue weighted by molar-refractivity contribution is -0.132. The van der Waals surface area contributed by atoms with Crippen LogP contribution >= 0.6 is 11.6 Å². The zero-order valence-electron chi connectivity index (χ0n) is 14.6. The van der Waals surface area contributed by atoms with Gasteiger partial charge < -0.3 is 10.6 Å². The normalized spacial score (nSPS) is 32.3. The van der Waals surface area contributed by atoms with Crippen LogP contribution in [0.2, 0.25) is 5.02 Å². The molecule has 2 N–H and O–H groups in total. The van der Waals surface area contributed by atoms with Gasteiger partial charge in [-0.05, 0) is 49.3 Å². The minimum Gasteiger partial charge on any atom is -0.349 e. The molecule has 2 amide bonds. The fraction of sp³-hybridized carbons (Fsp3) is 0.600. The first-order valence-electron chi connectivity index (χ1n) is 9.48. The summed E-state index contributed by atoms with van der Waals surface area (Å²) in [7, 11) is 0. The molecule has 3 fully saturated rings. The van der Waals surface area contributed by atoms with E-state index in [4.69, 9.17) is 11.6 Å². The average molecular weight is 379 g/mol. The molecule has 0 aromatic heterocycles. The molecule has 1 saturated heterocycles. The highest BCUT2D eigenvalue weighted by Crippen LogP contribution is 2.45. The maximum absolute atomic E-state index is 13.5. The molecule has 4 rings (SSSR count). The van der Waals surface area contributed by atoms with Crippen LogP contribution in [0.15, 0.2) is 24.3 Å². The summed E-state index contributed by atoms with van der Waals surface area (Å²) in [6, 6.07) is 7.66. The van der Waals surface area contributed by atoms with Gasteiger partial charge in [0, 0.05) is 22.9 Å². The molecular formula is C20H24ClFN2O2. The Labute approximate surface area is 157 Å². The van der Waals surface area contributed by atoms with Crippen LogP contribution < -0.4 is 10.6 Å². The van der Waals surface area contributed by atoms with Crippen LogP contribution in [0.3, 0.4) is 0 Å². The van der Waals surface area contributed by atoms with Crippen LogP contribution in [0.5, 0.6) is 0 Å². The zero-order chi connectivity index (χ0) is 18.3. The first kappa shape index (κ1) is 17.8. The maximum Gasteiger partial charge on any atom is 0.255 e. The van der Waals surface area contributed by atoms with Crippen molar-refractivity contribution in [3.63, 3.8) is 0 Å². The number of carbonyl (C=O) groups is 2. The van der Waals surface area contributed by atoms with E-state index < -0.39 is 17.6 Å². The Morgan fingerprint density at radius 3 is 2.62 bits per heavy atom. The molecule has 0 radical (unpaired) electrons. The predicted molar refractivity (Wildman–Crippen MR) is 97.4 cm³/mol. The third-order valence-electron chi connectivity index (χ3n) is 6.26. The number of hydrogen-bond donors (Lipinski definition) is 2. The SMILES string of the molecule is O=C1NC2(CC1F)CC(C(=O)N[C@@H](c1cccc(Cl)c1)C1CCCC1)C2. The van der Waals surface area contributed by atoms with E-state index in [9.17, 15) is 14.0 Å². The van der Waals surface area contributed by atoms with E-state index in [0.29, 0.717) is 23.8 Å². The fourth-order valence-corrected chi connectivity index (χ4v) is 5.10. The average Bonchev–Trinajstić information content (AvgIpc) is 3.20. The van der Waals surface area contributed by atoms with E-state index in [2.05, 4.69) is 10.6 Å². The lowest BCUT2D eigenvalue weighted by atomic mass is 9.67. The summed E-state index contributed by atoms with van der Waals surface area (Å²) in [6.07, 6.45) is 4.39. The van der Waals surface area contributed by atoms with Crippen molar-refractivity contribution in [1.82, 2.24) is 10.6 Å². The molecule has 2 aliphatic carbocycles. The van der Waals surface area contributed by atoms with E-state index in [1.165, 1.54) is 12.8 Å². The van der Waals surface area contributed by atoms with Crippen LogP contribution in [0.4, 0.5) is 4.39 Å². The van der Waals surface area contributed by atoms with Gasteiger partial charge in [0.25, 0.3) is 5.91 Å². The van der Waals surface area contributed by atoms with Gasteiger partial charge in [0.1, 0.15) is 0 Å². The topological polar surface area (TPSA) is 58.2 Å². The molecule has 2 saturated carbocycles. The molecule has 140 valence electrons. The first-order valence-corrected chi connectivity index (χ1v) is 9.85. The molecule has 4 nitrogen and oxygen atoms in total. The highest BCUT2D eigenvalue weighted by molar-refractivity contribution is 6.30. The van der Waals surface area contributed by atoms with Crippen molar-refractivity contribution in [3.05, 3.63) is 34.9 Å². The third kappa shape index (κ3) is 3.34. The van der Waals surface area contributed by atoms with Crippen molar-refractivity contribution < 1.29 is 14.0 Å². The minimum atomic E-state index is -1.43. The second-order valence-electron chi connectivity index (χ2n) is 8.13. The number of nitrogens with one attached hydrogen (secondary N) is 2. The van der Waals surface area contributed by atoms with Gasteiger partial charge in [0.05, 0.1) is 6.04 Å². The van der Waals surface area contributed by atoms with Crippen molar-refractivity contribution in [2.24, 2.45) is 11.8 Å². The van der Waals surface area contributed by atoms with Gasteiger partial charge in [0.15, 0.2) is 6.17 Å². The van der Waals surface area contributed by atoms with E-state index >= 15 is 0 Å². The molecule has 1 unspecified atom stereocenters. The van der Waals surface area contributed by atoms with Gasteiger partial charge in [-0.25, -0.2) is 4.39 Å². The molecule has 1 aromatic carbocycles. The molecule has 6 heteroatoms. The standard InChI is InChI=1S/C20H24ClFN2O2/c21-15-7-3-6-13(8-15)17(12-4-1-2-5-12)23-18(25)14-9-20(10-14)11-16(22)19(26)24-20/h3,6-8,12,14,16-17H,1-2,4-5,9-11H2,(H,23,25)(H,24,26)/t14?,16?,17-,20?/m1/s1. The van der Waals surface area contributed by atoms with E-state index in [1.54, 1.807) is 0 Å². The van der Waals surface area contributed by atoms with Crippen LogP contribution in [0.25, 0.3) is 0 Å². The maximum atomic E-state index is 13.5. The summed E-state index contributed by atoms with van der Waals surface area (Å²) in [5.41, 5.74) is 0.544. The number of rotatable bonds is 4. The van der Waals surface area contributed by atoms with Crippen LogP contribution in [0, 0.1) is 11.8 Å². The second-order valence-corrected chi connectivity index (χ2v) is 8.57. The highest BCUT2D eigenvalue weighted by atomic mass is 35.5. The summed E-state index contributed by atoms with van der Waals surface area (Å²) in [4.78, 5) is 24.2. The number of amides is 2. The Hall–Kier alpha value is -1.62. The van der Waals surface area contributed by atoms with Crippen LogP contribution in [-0.4, -0.2) is 23.5 Å². The molecular weight excluding hydrogens is 355 g/mol. The van der Waals surface area contributed by atoms with Gasteiger partial charge in [0.2, 0.25) is 5.91 Å². The van der Waals surface area contributed by atoms with Gasteiger partial charge in [-0.1, -0.05) is 36.6 Å². The number of carbonyl (C=O) groups excluding carboxylic acids is 2. The Morgan fingerprint density at radius 1 is 1.27 bits per heavy atom. The van der Waals surface area contributed by atoms with Gasteiger partial charge in [-0.2, -0.15) is 0 Å². The van der Waals surface area contributed by atoms with E-state index in [-0.39, 0.29) is 24.3 Å². The van der Waals surface area contributed by atoms with Crippen LogP contribution in [-0.2, 0) is 9.59 Å². The lowest BCUT2D eigenvalue weighted by Gasteiger charge is -2.44. The third-order valence-corrected chi connectivity index (χ3v) is 6.50. The molecule has 2 atom stereocenters. The van der Waals surface area contributed by atoms with Gasteiger partial charge in [-0.3, -0.25) is 9.59 Å². The summed E-state index contributed by atoms with van der Waals surface area (Å²) in [5.74, 6) is -0.271. The smallest absolute Gasteiger partial charge is 0.255 e. The Bertz CT molecular complexity index is 714. The molecule has 1 aliphatic heterocycles. The van der Waals surface area contributed by atoms with Crippen molar-refractivity contribution in [2.45, 2.75) is 62.7 Å². The quantitative estimate of drug-likeness (QED) is 0.839. The summed E-state index contributed by atoms with van der Waals surface area (Å²) in [5, 5.41) is 6.64. The Morgan fingerprint density at radius 2 is 2.00 bits per heavy atom. The zero-order valence-corrected chi connectivity index (χ0v) is 15.4. The van der Waals surface area contributed by atoms with Crippen molar-refractivity contribution in [1.29, 1.82) is 0 Å². The molecule has 1 spiro atoms. The van der Waals surface area contributed by atoms with Crippen molar-refractivity contribution >= 4 is 23.4 Å². The van der Waals surface area contributed by atoms with Gasteiger partial charge in [-0.15, -0.1) is 0 Å².